The van der Waals surface area contributed by atoms with Crippen LogP contribution in [-0.4, -0.2) is 0 Å². The van der Waals surface area contributed by atoms with E-state index in [0.717, 1.165) is 18.9 Å². The summed E-state index contributed by atoms with van der Waals surface area (Å²) in [6.07, 6.45) is 0. The van der Waals surface area contributed by atoms with E-state index in [-0.39, 0.29) is 4.83 Å². The van der Waals surface area contributed by atoms with E-state index in [0.29, 0.717) is 5.22 Å². The van der Waals surface area contributed by atoms with Gasteiger partial charge in [0.2, 0.25) is 0 Å². The number of rotatable bonds is 2. The zero-order valence-corrected chi connectivity index (χ0v) is 13.5. The molecule has 0 aliphatic heterocycles. The molecule has 6 heteroatoms. The van der Waals surface area contributed by atoms with Crippen molar-refractivity contribution in [3.05, 3.63) is 42.3 Å². The number of hydrogen-bond acceptors (Lipinski definition) is 2. The van der Waals surface area contributed by atoms with Crippen molar-refractivity contribution in [1.29, 1.82) is 0 Å². The molecule has 0 aliphatic carbocycles. The van der Waals surface area contributed by atoms with E-state index in [1.807, 2.05) is 12.1 Å². The van der Waals surface area contributed by atoms with E-state index >= 15 is 0 Å². The van der Waals surface area contributed by atoms with Crippen LogP contribution in [0, 0.1) is 0 Å². The molecule has 0 amide bonds. The summed E-state index contributed by atoms with van der Waals surface area (Å²) in [4.78, 5) is 1.19. The average Bonchev–Trinajstić information content (AvgIpc) is 2.74. The van der Waals surface area contributed by atoms with Crippen LogP contribution in [0.2, 0.25) is 5.22 Å². The fourth-order valence-corrected chi connectivity index (χ4v) is 3.98. The second kappa shape index (κ2) is 4.92. The van der Waals surface area contributed by atoms with Crippen LogP contribution >= 0.6 is 70.7 Å². The Bertz CT molecular complexity index is 460. The van der Waals surface area contributed by atoms with Crippen LogP contribution in [0.25, 0.3) is 0 Å². The maximum absolute atomic E-state index is 5.73. The Morgan fingerprint density at radius 2 is 2.07 bits per heavy atom. The largest absolute Gasteiger partial charge is 0.448 e. The SMILES string of the molecule is Clc1ccc(C(Br)c2cc(Br)c(Br)s2)o1. The highest BCUT2D eigenvalue weighted by Gasteiger charge is 2.17. The molecular formula is C9H4Br3ClOS. The fourth-order valence-electron chi connectivity index (χ4n) is 1.09. The summed E-state index contributed by atoms with van der Waals surface area (Å²) in [7, 11) is 0. The third kappa shape index (κ3) is 2.69. The van der Waals surface area contributed by atoms with Crippen LogP contribution in [-0.2, 0) is 0 Å². The second-order valence-electron chi connectivity index (χ2n) is 2.77. The van der Waals surface area contributed by atoms with Crippen LogP contribution in [0.4, 0.5) is 0 Å². The predicted molar refractivity (Wildman–Crippen MR) is 74.2 cm³/mol. The Morgan fingerprint density at radius 1 is 1.33 bits per heavy atom. The first-order valence-electron chi connectivity index (χ1n) is 3.92. The van der Waals surface area contributed by atoms with Gasteiger partial charge in [0.1, 0.15) is 10.6 Å². The second-order valence-corrected chi connectivity index (χ2v) is 7.32. The van der Waals surface area contributed by atoms with Gasteiger partial charge in [-0.2, -0.15) is 0 Å². The van der Waals surface area contributed by atoms with Crippen LogP contribution in [0.15, 0.2) is 30.9 Å². The molecule has 1 unspecified atom stereocenters. The first kappa shape index (κ1) is 12.2. The summed E-state index contributed by atoms with van der Waals surface area (Å²) in [6, 6.07) is 5.65. The van der Waals surface area contributed by atoms with Gasteiger partial charge < -0.3 is 4.42 Å². The van der Waals surface area contributed by atoms with Gasteiger partial charge in [-0.1, -0.05) is 15.9 Å². The molecule has 0 aromatic carbocycles. The monoisotopic (exact) mass is 432 g/mol. The number of hydrogen-bond donors (Lipinski definition) is 0. The fraction of sp³-hybridized carbons (Fsp3) is 0.111. The molecule has 2 aromatic heterocycles. The van der Waals surface area contributed by atoms with E-state index in [1.165, 1.54) is 0 Å². The summed E-state index contributed by atoms with van der Waals surface area (Å²) < 4.78 is 7.46. The number of halogens is 4. The van der Waals surface area contributed by atoms with Crippen molar-refractivity contribution in [3.63, 3.8) is 0 Å². The minimum atomic E-state index is 0.0394. The molecular weight excluding hydrogens is 431 g/mol. The van der Waals surface area contributed by atoms with Crippen molar-refractivity contribution in [2.45, 2.75) is 4.83 Å². The first-order chi connectivity index (χ1) is 7.08. The topological polar surface area (TPSA) is 13.1 Å². The molecule has 0 spiro atoms. The molecule has 0 aliphatic rings. The molecule has 0 radical (unpaired) electrons. The highest BCUT2D eigenvalue weighted by Crippen LogP contribution is 2.41. The minimum absolute atomic E-state index is 0.0394. The van der Waals surface area contributed by atoms with Crippen molar-refractivity contribution in [2.75, 3.05) is 0 Å². The van der Waals surface area contributed by atoms with Gasteiger partial charge in [-0.25, -0.2) is 0 Å². The lowest BCUT2D eigenvalue weighted by Gasteiger charge is -2.02. The molecule has 1 atom stereocenters. The third-order valence-electron chi connectivity index (χ3n) is 1.76. The van der Waals surface area contributed by atoms with E-state index in [2.05, 4.69) is 47.8 Å². The smallest absolute Gasteiger partial charge is 0.193 e. The zero-order valence-electron chi connectivity index (χ0n) is 7.14. The number of alkyl halides is 1. The molecule has 80 valence electrons. The van der Waals surface area contributed by atoms with Crippen molar-refractivity contribution < 1.29 is 4.42 Å². The molecule has 0 fully saturated rings. The highest BCUT2D eigenvalue weighted by molar-refractivity contribution is 9.13. The summed E-state index contributed by atoms with van der Waals surface area (Å²) in [5.41, 5.74) is 0. The maximum atomic E-state index is 5.73. The molecule has 0 N–H and O–H groups in total. The molecule has 2 aromatic rings. The Hall–Kier alpha value is 0.710. The quantitative estimate of drug-likeness (QED) is 0.527. The lowest BCUT2D eigenvalue weighted by atomic mass is 10.3. The van der Waals surface area contributed by atoms with Gasteiger partial charge in [0.15, 0.2) is 5.22 Å². The minimum Gasteiger partial charge on any atom is -0.448 e. The highest BCUT2D eigenvalue weighted by atomic mass is 79.9. The van der Waals surface area contributed by atoms with Gasteiger partial charge in [-0.3, -0.25) is 0 Å². The van der Waals surface area contributed by atoms with E-state index in [1.54, 1.807) is 17.4 Å². The first-order valence-corrected chi connectivity index (χ1v) is 7.61. The Morgan fingerprint density at radius 3 is 2.53 bits per heavy atom. The van der Waals surface area contributed by atoms with E-state index < -0.39 is 0 Å². The summed E-state index contributed by atoms with van der Waals surface area (Å²) in [5, 5.41) is 0.407. The number of furan rings is 1. The van der Waals surface area contributed by atoms with Crippen LogP contribution < -0.4 is 0 Å². The van der Waals surface area contributed by atoms with Gasteiger partial charge in [0, 0.05) is 9.35 Å². The average molecular weight is 435 g/mol. The van der Waals surface area contributed by atoms with Crippen molar-refractivity contribution in [3.8, 4) is 0 Å². The molecule has 1 nitrogen and oxygen atoms in total. The summed E-state index contributed by atoms with van der Waals surface area (Å²) in [5.74, 6) is 0.807. The van der Waals surface area contributed by atoms with Crippen LogP contribution in [0.5, 0.6) is 0 Å². The molecule has 2 rings (SSSR count). The van der Waals surface area contributed by atoms with Crippen LogP contribution in [0.1, 0.15) is 15.5 Å². The third-order valence-corrected chi connectivity index (χ3v) is 6.53. The van der Waals surface area contributed by atoms with E-state index in [9.17, 15) is 0 Å². The van der Waals surface area contributed by atoms with Gasteiger partial charge >= 0.3 is 0 Å². The van der Waals surface area contributed by atoms with Crippen molar-refractivity contribution in [1.82, 2.24) is 0 Å². The van der Waals surface area contributed by atoms with Crippen molar-refractivity contribution in [2.24, 2.45) is 0 Å². The van der Waals surface area contributed by atoms with Crippen molar-refractivity contribution >= 4 is 70.7 Å². The molecule has 15 heavy (non-hydrogen) atoms. The lowest BCUT2D eigenvalue weighted by molar-refractivity contribution is 0.523. The molecule has 0 saturated heterocycles. The predicted octanol–water partition coefficient (Wildman–Crippen LogP) is 6.00. The molecule has 2 heterocycles. The summed E-state index contributed by atoms with van der Waals surface area (Å²) >= 11 is 17.8. The normalized spacial score (nSPS) is 13.1. The van der Waals surface area contributed by atoms with Gasteiger partial charge in [0.05, 0.1) is 3.79 Å². The van der Waals surface area contributed by atoms with Gasteiger partial charge in [0.25, 0.3) is 0 Å². The zero-order chi connectivity index (χ0) is 11.0. The molecule has 0 saturated carbocycles. The van der Waals surface area contributed by atoms with Crippen LogP contribution in [0.3, 0.4) is 0 Å². The maximum Gasteiger partial charge on any atom is 0.193 e. The molecule has 0 bridgehead atoms. The Kier molecular flexibility index (Phi) is 3.99. The number of thiophene rings is 1. The van der Waals surface area contributed by atoms with Gasteiger partial charge in [-0.15, -0.1) is 11.3 Å². The van der Waals surface area contributed by atoms with E-state index in [4.69, 9.17) is 16.0 Å². The Balaban J connectivity index is 2.31. The summed E-state index contributed by atoms with van der Waals surface area (Å²) in [6.45, 7) is 0. The Labute approximate surface area is 121 Å². The lowest BCUT2D eigenvalue weighted by Crippen LogP contribution is -1.84. The standard InChI is InChI=1S/C9H4Br3ClOS/c10-4-3-6(15-9(4)12)8(11)5-1-2-7(13)14-5/h1-3,8H. The van der Waals surface area contributed by atoms with Gasteiger partial charge in [-0.05, 0) is 61.7 Å².